The maximum absolute atomic E-state index is 13.1. The first-order chi connectivity index (χ1) is 15.3. The lowest BCUT2D eigenvalue weighted by Gasteiger charge is -2.33. The van der Waals surface area contributed by atoms with Gasteiger partial charge in [-0.05, 0) is 23.6 Å². The van der Waals surface area contributed by atoms with Crippen molar-refractivity contribution in [3.05, 3.63) is 60.2 Å². The van der Waals surface area contributed by atoms with Gasteiger partial charge in [0.05, 0.1) is 0 Å². The summed E-state index contributed by atoms with van der Waals surface area (Å²) in [5.74, 6) is -1.94. The molecule has 2 N–H and O–H groups in total. The fourth-order valence-corrected chi connectivity index (χ4v) is 6.29. The molecule has 0 radical (unpaired) electrons. The molecule has 1 aromatic heterocycles. The number of piperazine rings is 1. The Balaban J connectivity index is 1.30. The lowest BCUT2D eigenvalue weighted by molar-refractivity contribution is -0.140. The van der Waals surface area contributed by atoms with E-state index in [4.69, 9.17) is 4.42 Å². The standard InChI is InChI=1S/C22H24N4O5S/c1-15-19(16-7-3-2-4-8-16)22(15,20(27)28)24-32(29,30)26-13-11-25(12-14-26)21-23-17-9-5-6-10-18(17)31-21/h2-10,15,19,24H,11-14H2,1H3,(H,27,28)/t15?,19-,22-/m0/s1. The summed E-state index contributed by atoms with van der Waals surface area (Å²) in [5.41, 5.74) is 0.693. The van der Waals surface area contributed by atoms with Crippen molar-refractivity contribution in [2.24, 2.45) is 5.92 Å². The summed E-state index contributed by atoms with van der Waals surface area (Å²) in [6, 6.07) is 17.1. The fraction of sp³-hybridized carbons (Fsp3) is 0.364. The summed E-state index contributed by atoms with van der Waals surface area (Å²) in [7, 11) is -4.00. The normalized spacial score (nSPS) is 26.3. The summed E-state index contributed by atoms with van der Waals surface area (Å²) in [6.07, 6.45) is 0. The second-order valence-corrected chi connectivity index (χ2v) is 9.98. The molecule has 2 aromatic carbocycles. The molecule has 168 valence electrons. The predicted molar refractivity (Wildman–Crippen MR) is 119 cm³/mol. The van der Waals surface area contributed by atoms with Gasteiger partial charge in [0, 0.05) is 32.1 Å². The Bertz CT molecular complexity index is 1220. The highest BCUT2D eigenvalue weighted by Gasteiger charge is 2.70. The Morgan fingerprint density at radius 3 is 2.41 bits per heavy atom. The number of carboxylic acids is 1. The third-order valence-corrected chi connectivity index (χ3v) is 8.18. The van der Waals surface area contributed by atoms with Crippen molar-refractivity contribution < 1.29 is 22.7 Å². The first-order valence-corrected chi connectivity index (χ1v) is 11.9. The Labute approximate surface area is 185 Å². The predicted octanol–water partition coefficient (Wildman–Crippen LogP) is 2.04. The third-order valence-electron chi connectivity index (χ3n) is 6.54. The molecular formula is C22H24N4O5S. The molecule has 1 unspecified atom stereocenters. The number of aromatic nitrogens is 1. The summed E-state index contributed by atoms with van der Waals surface area (Å²) in [6.45, 7) is 2.96. The van der Waals surface area contributed by atoms with Gasteiger partial charge in [-0.3, -0.25) is 4.79 Å². The number of benzene rings is 2. The van der Waals surface area contributed by atoms with Gasteiger partial charge in [-0.15, -0.1) is 0 Å². The molecule has 9 nitrogen and oxygen atoms in total. The monoisotopic (exact) mass is 456 g/mol. The summed E-state index contributed by atoms with van der Waals surface area (Å²) >= 11 is 0. The lowest BCUT2D eigenvalue weighted by Crippen LogP contribution is -2.56. The molecule has 3 atom stereocenters. The van der Waals surface area contributed by atoms with E-state index in [0.29, 0.717) is 24.7 Å². The Morgan fingerprint density at radius 1 is 1.09 bits per heavy atom. The fourth-order valence-electron chi connectivity index (χ4n) is 4.69. The number of anilines is 1. The molecule has 0 spiro atoms. The number of fused-ring (bicyclic) bond motifs is 1. The van der Waals surface area contributed by atoms with Crippen LogP contribution >= 0.6 is 0 Å². The van der Waals surface area contributed by atoms with Gasteiger partial charge in [0.25, 0.3) is 16.2 Å². The quantitative estimate of drug-likeness (QED) is 0.583. The van der Waals surface area contributed by atoms with E-state index in [1.807, 2.05) is 59.5 Å². The van der Waals surface area contributed by atoms with Crippen molar-refractivity contribution in [3.63, 3.8) is 0 Å². The Kier molecular flexibility index (Phi) is 4.95. The molecule has 0 amide bonds. The van der Waals surface area contributed by atoms with E-state index >= 15 is 0 Å². The molecular weight excluding hydrogens is 432 g/mol. The first-order valence-electron chi connectivity index (χ1n) is 10.5. The summed E-state index contributed by atoms with van der Waals surface area (Å²) in [4.78, 5) is 18.5. The highest BCUT2D eigenvalue weighted by molar-refractivity contribution is 7.87. The van der Waals surface area contributed by atoms with Crippen LogP contribution in [0.15, 0.2) is 59.0 Å². The van der Waals surface area contributed by atoms with Gasteiger partial charge in [-0.25, -0.2) is 0 Å². The molecule has 5 rings (SSSR count). The van der Waals surface area contributed by atoms with E-state index in [9.17, 15) is 18.3 Å². The van der Waals surface area contributed by atoms with Gasteiger partial charge >= 0.3 is 5.97 Å². The largest absolute Gasteiger partial charge is 0.480 e. The summed E-state index contributed by atoms with van der Waals surface area (Å²) in [5, 5.41) is 9.95. The average Bonchev–Trinajstić information content (AvgIpc) is 3.16. The molecule has 2 heterocycles. The van der Waals surface area contributed by atoms with E-state index in [-0.39, 0.29) is 19.0 Å². The molecule has 1 aliphatic heterocycles. The van der Waals surface area contributed by atoms with Crippen molar-refractivity contribution in [1.29, 1.82) is 0 Å². The number of para-hydroxylation sites is 2. The molecule has 1 saturated carbocycles. The number of aliphatic carboxylic acids is 1. The van der Waals surface area contributed by atoms with Crippen LogP contribution < -0.4 is 9.62 Å². The number of rotatable bonds is 6. The number of oxazole rings is 1. The maximum Gasteiger partial charge on any atom is 0.325 e. The SMILES string of the molecule is CC1[C@@H](c2ccccc2)[C@]1(NS(=O)(=O)N1CCN(c2nc3ccccc3o2)CC1)C(=O)O. The Morgan fingerprint density at radius 2 is 1.75 bits per heavy atom. The van der Waals surface area contributed by atoms with Gasteiger partial charge in [0.2, 0.25) is 0 Å². The molecule has 32 heavy (non-hydrogen) atoms. The molecule has 2 fully saturated rings. The van der Waals surface area contributed by atoms with Crippen LogP contribution in [0, 0.1) is 5.92 Å². The van der Waals surface area contributed by atoms with Gasteiger partial charge in [0.15, 0.2) is 5.58 Å². The number of carbonyl (C=O) groups is 1. The van der Waals surface area contributed by atoms with Gasteiger partial charge in [-0.2, -0.15) is 22.4 Å². The number of hydrogen-bond acceptors (Lipinski definition) is 6. The molecule has 3 aromatic rings. The van der Waals surface area contributed by atoms with Gasteiger partial charge in [0.1, 0.15) is 11.1 Å². The zero-order valence-electron chi connectivity index (χ0n) is 17.5. The minimum atomic E-state index is -4.00. The van der Waals surface area contributed by atoms with E-state index in [1.54, 1.807) is 6.92 Å². The highest BCUT2D eigenvalue weighted by Crippen LogP contribution is 2.57. The molecule has 0 bridgehead atoms. The smallest absolute Gasteiger partial charge is 0.325 e. The van der Waals surface area contributed by atoms with Crippen LogP contribution in [0.3, 0.4) is 0 Å². The number of nitrogens with one attached hydrogen (secondary N) is 1. The average molecular weight is 457 g/mol. The highest BCUT2D eigenvalue weighted by atomic mass is 32.2. The lowest BCUT2D eigenvalue weighted by atomic mass is 10.1. The topological polar surface area (TPSA) is 116 Å². The van der Waals surface area contributed by atoms with E-state index in [1.165, 1.54) is 4.31 Å². The Hall–Kier alpha value is -2.95. The van der Waals surface area contributed by atoms with Crippen molar-refractivity contribution in [3.8, 4) is 0 Å². The number of hydrogen-bond donors (Lipinski definition) is 2. The zero-order valence-corrected chi connectivity index (χ0v) is 18.3. The minimum absolute atomic E-state index is 0.203. The second-order valence-electron chi connectivity index (χ2n) is 8.31. The van der Waals surface area contributed by atoms with Crippen LogP contribution in [0.2, 0.25) is 0 Å². The van der Waals surface area contributed by atoms with Gasteiger partial charge in [-0.1, -0.05) is 49.4 Å². The second kappa shape index (κ2) is 7.58. The van der Waals surface area contributed by atoms with Crippen molar-refractivity contribution >= 4 is 33.3 Å². The number of carboxylic acid groups (broad SMARTS) is 1. The first kappa shape index (κ1) is 20.9. The number of nitrogens with zero attached hydrogens (tertiary/aromatic N) is 3. The van der Waals surface area contributed by atoms with E-state index in [0.717, 1.165) is 11.1 Å². The van der Waals surface area contributed by atoms with Gasteiger partial charge < -0.3 is 14.4 Å². The van der Waals surface area contributed by atoms with Crippen molar-refractivity contribution in [1.82, 2.24) is 14.0 Å². The van der Waals surface area contributed by atoms with Crippen LogP contribution in [0.1, 0.15) is 18.4 Å². The van der Waals surface area contributed by atoms with E-state index < -0.39 is 27.6 Å². The molecule has 10 heteroatoms. The van der Waals surface area contributed by atoms with E-state index in [2.05, 4.69) is 9.71 Å². The van der Waals surface area contributed by atoms with Crippen molar-refractivity contribution in [2.45, 2.75) is 18.4 Å². The zero-order chi connectivity index (χ0) is 22.5. The van der Waals surface area contributed by atoms with Crippen molar-refractivity contribution in [2.75, 3.05) is 31.1 Å². The van der Waals surface area contributed by atoms with Crippen LogP contribution in [-0.4, -0.2) is 60.5 Å². The summed E-state index contributed by atoms with van der Waals surface area (Å²) < 4.78 is 35.9. The minimum Gasteiger partial charge on any atom is -0.480 e. The van der Waals surface area contributed by atoms with Crippen LogP contribution in [0.4, 0.5) is 6.01 Å². The van der Waals surface area contributed by atoms with Crippen LogP contribution in [0.25, 0.3) is 11.1 Å². The van der Waals surface area contributed by atoms with Crippen LogP contribution in [0.5, 0.6) is 0 Å². The third kappa shape index (κ3) is 3.35. The molecule has 1 aliphatic carbocycles. The maximum atomic E-state index is 13.1. The molecule has 2 aliphatic rings. The van der Waals surface area contributed by atoms with Crippen LogP contribution in [-0.2, 0) is 15.0 Å². The molecule has 1 saturated heterocycles.